The maximum absolute atomic E-state index is 12.6. The highest BCUT2D eigenvalue weighted by atomic mass is 35.5. The van der Waals surface area contributed by atoms with E-state index in [0.29, 0.717) is 49.3 Å². The van der Waals surface area contributed by atoms with Gasteiger partial charge in [0.1, 0.15) is 6.04 Å². The Bertz CT molecular complexity index is 1220. The van der Waals surface area contributed by atoms with Crippen molar-refractivity contribution in [2.24, 2.45) is 11.8 Å². The summed E-state index contributed by atoms with van der Waals surface area (Å²) >= 11 is 11.6. The highest BCUT2D eigenvalue weighted by Gasteiger charge is 2.35. The second kappa shape index (κ2) is 20.0. The summed E-state index contributed by atoms with van der Waals surface area (Å²) < 4.78 is 19.6. The lowest BCUT2D eigenvalue weighted by molar-refractivity contribution is -0.162. The molecule has 2 unspecified atom stereocenters. The smallest absolute Gasteiger partial charge is 0.331 e. The van der Waals surface area contributed by atoms with Crippen LogP contribution in [0.15, 0.2) is 48.5 Å². The summed E-state index contributed by atoms with van der Waals surface area (Å²) in [5, 5.41) is 13.0. The van der Waals surface area contributed by atoms with Crippen LogP contribution in [0.3, 0.4) is 0 Å². The minimum absolute atomic E-state index is 0.0614. The van der Waals surface area contributed by atoms with Gasteiger partial charge in [0, 0.05) is 29.1 Å². The summed E-state index contributed by atoms with van der Waals surface area (Å²) in [6, 6.07) is 13.7. The Morgan fingerprint density at radius 3 is 1.82 bits per heavy atom. The highest BCUT2D eigenvalue weighted by molar-refractivity contribution is 6.30. The third-order valence-electron chi connectivity index (χ3n) is 7.05. The zero-order valence-electron chi connectivity index (χ0n) is 26.0. The third kappa shape index (κ3) is 13.3. The molecule has 2 fully saturated rings. The zero-order valence-corrected chi connectivity index (χ0v) is 27.5. The molecule has 2 aliphatic rings. The lowest BCUT2D eigenvalue weighted by Crippen LogP contribution is -2.54. The van der Waals surface area contributed by atoms with Crippen molar-refractivity contribution < 1.29 is 43.2 Å². The van der Waals surface area contributed by atoms with Gasteiger partial charge in [-0.3, -0.25) is 14.4 Å². The number of rotatable bonds is 8. The molecule has 0 spiro atoms. The van der Waals surface area contributed by atoms with Crippen LogP contribution in [0.4, 0.5) is 0 Å². The summed E-state index contributed by atoms with van der Waals surface area (Å²) in [4.78, 5) is 47.3. The topological polar surface area (TPSA) is 141 Å². The molecule has 2 aliphatic heterocycles. The highest BCUT2D eigenvalue weighted by Crippen LogP contribution is 2.18. The molecule has 0 aliphatic carbocycles. The van der Waals surface area contributed by atoms with Gasteiger partial charge in [-0.15, -0.1) is 0 Å². The Balaban J connectivity index is 0.000000259. The molecular formula is C32H42Cl2N2O9. The van der Waals surface area contributed by atoms with Crippen molar-refractivity contribution in [1.29, 1.82) is 0 Å². The van der Waals surface area contributed by atoms with Crippen molar-refractivity contribution in [3.8, 4) is 0 Å². The molecule has 2 aromatic carbocycles. The van der Waals surface area contributed by atoms with Gasteiger partial charge in [-0.25, -0.2) is 4.79 Å². The lowest BCUT2D eigenvalue weighted by atomic mass is 9.99. The first-order valence-electron chi connectivity index (χ1n) is 14.5. The third-order valence-corrected chi connectivity index (χ3v) is 7.55. The summed E-state index contributed by atoms with van der Waals surface area (Å²) in [7, 11) is 2.69. The number of carbonyl (C=O) groups excluding carboxylic acids is 3. The van der Waals surface area contributed by atoms with Crippen molar-refractivity contribution in [2.45, 2.75) is 38.8 Å². The number of carboxylic acids is 1. The summed E-state index contributed by atoms with van der Waals surface area (Å²) in [6.45, 7) is 6.40. The van der Waals surface area contributed by atoms with Gasteiger partial charge in [-0.2, -0.15) is 0 Å². The Morgan fingerprint density at radius 2 is 1.36 bits per heavy atom. The number of hydrogen-bond acceptors (Lipinski definition) is 9. The minimum atomic E-state index is -0.769. The van der Waals surface area contributed by atoms with Gasteiger partial charge < -0.3 is 34.3 Å². The maximum atomic E-state index is 12.6. The standard InChI is InChI=1S/C16H20ClNO4.C10H11ClO2.C6H11NO3/c1-11(9-12-3-5-13(17)6-4-12)15(19)18-7-8-22-10-14(18)16(20)21-2;1-7(10(12)13)6-8-2-4-9(11)5-3-8;1-9-6(8)5-4-10-3-2-7-5/h3-6,11,14H,7-10H2,1-2H3;2-5,7H,6H2,1H3,(H,12,13);5,7H,2-4H2,1H3/t11?,14-;;5-/m0.0/s1. The van der Waals surface area contributed by atoms with E-state index in [-0.39, 0.29) is 36.4 Å². The first-order chi connectivity index (χ1) is 21.5. The molecular weight excluding hydrogens is 627 g/mol. The number of amides is 1. The van der Waals surface area contributed by atoms with Crippen LogP contribution in [0.5, 0.6) is 0 Å². The molecule has 2 heterocycles. The van der Waals surface area contributed by atoms with E-state index in [0.717, 1.165) is 17.7 Å². The average Bonchev–Trinajstić information content (AvgIpc) is 3.06. The number of ether oxygens (including phenoxy) is 4. The molecule has 45 heavy (non-hydrogen) atoms. The van der Waals surface area contributed by atoms with Crippen molar-refractivity contribution in [1.82, 2.24) is 10.2 Å². The number of morpholine rings is 2. The average molecular weight is 670 g/mol. The number of nitrogens with one attached hydrogen (secondary N) is 1. The van der Waals surface area contributed by atoms with Crippen LogP contribution in [-0.2, 0) is 51.0 Å². The van der Waals surface area contributed by atoms with E-state index in [4.69, 9.17) is 42.5 Å². The molecule has 4 atom stereocenters. The van der Waals surface area contributed by atoms with Crippen molar-refractivity contribution >= 4 is 47.0 Å². The molecule has 2 aromatic rings. The monoisotopic (exact) mass is 668 g/mol. The number of aliphatic carboxylic acids is 1. The van der Waals surface area contributed by atoms with E-state index >= 15 is 0 Å². The number of hydrogen-bond donors (Lipinski definition) is 2. The second-order valence-corrected chi connectivity index (χ2v) is 11.4. The van der Waals surface area contributed by atoms with Crippen LogP contribution in [0.1, 0.15) is 25.0 Å². The van der Waals surface area contributed by atoms with Gasteiger partial charge in [0.15, 0.2) is 6.04 Å². The molecule has 0 saturated carbocycles. The number of nitrogens with zero attached hydrogens (tertiary/aromatic N) is 1. The lowest BCUT2D eigenvalue weighted by Gasteiger charge is -2.35. The van der Waals surface area contributed by atoms with Crippen LogP contribution in [0.25, 0.3) is 0 Å². The quantitative estimate of drug-likeness (QED) is 0.400. The van der Waals surface area contributed by atoms with E-state index in [1.807, 2.05) is 31.2 Å². The summed E-state index contributed by atoms with van der Waals surface area (Å²) in [6.07, 6.45) is 1.15. The fourth-order valence-electron chi connectivity index (χ4n) is 4.46. The van der Waals surface area contributed by atoms with Crippen molar-refractivity contribution in [3.05, 3.63) is 69.7 Å². The molecule has 13 heteroatoms. The molecule has 0 radical (unpaired) electrons. The molecule has 0 aromatic heterocycles. The molecule has 2 saturated heterocycles. The van der Waals surface area contributed by atoms with Crippen LogP contribution >= 0.6 is 23.2 Å². The SMILES string of the molecule is CC(Cc1ccc(Cl)cc1)C(=O)O.COC(=O)[C@@H]1COCCN1.COC(=O)[C@@H]1COCCN1C(=O)C(C)Cc1ccc(Cl)cc1. The van der Waals surface area contributed by atoms with E-state index in [1.165, 1.54) is 14.2 Å². The molecule has 4 rings (SSSR count). The summed E-state index contributed by atoms with van der Waals surface area (Å²) in [5.41, 5.74) is 2.03. The van der Waals surface area contributed by atoms with Crippen LogP contribution < -0.4 is 5.32 Å². The molecule has 1 amide bonds. The van der Waals surface area contributed by atoms with Crippen molar-refractivity contribution in [2.75, 3.05) is 53.7 Å². The molecule has 248 valence electrons. The van der Waals surface area contributed by atoms with Crippen LogP contribution in [-0.4, -0.2) is 99.6 Å². The number of halogens is 2. The predicted molar refractivity (Wildman–Crippen MR) is 169 cm³/mol. The number of carbonyl (C=O) groups is 4. The Kier molecular flexibility index (Phi) is 16.9. The van der Waals surface area contributed by atoms with Crippen molar-refractivity contribution in [3.63, 3.8) is 0 Å². The first-order valence-corrected chi connectivity index (χ1v) is 15.3. The van der Waals surface area contributed by atoms with Gasteiger partial charge in [0.2, 0.25) is 5.91 Å². The largest absolute Gasteiger partial charge is 0.481 e. The number of carboxylic acid groups (broad SMARTS) is 1. The number of benzene rings is 2. The number of esters is 2. The Labute approximate surface area is 274 Å². The second-order valence-electron chi connectivity index (χ2n) is 10.6. The predicted octanol–water partition coefficient (Wildman–Crippen LogP) is 3.67. The van der Waals surface area contributed by atoms with E-state index in [1.54, 1.807) is 36.1 Å². The van der Waals surface area contributed by atoms with Gasteiger partial charge >= 0.3 is 17.9 Å². The van der Waals surface area contributed by atoms with Crippen LogP contribution in [0.2, 0.25) is 10.0 Å². The van der Waals surface area contributed by atoms with Gasteiger partial charge in [-0.05, 0) is 48.2 Å². The van der Waals surface area contributed by atoms with E-state index in [9.17, 15) is 19.2 Å². The van der Waals surface area contributed by atoms with Gasteiger partial charge in [0.25, 0.3) is 0 Å². The Hall–Kier alpha value is -3.22. The fraction of sp³-hybridized carbons (Fsp3) is 0.500. The maximum Gasteiger partial charge on any atom is 0.331 e. The van der Waals surface area contributed by atoms with Gasteiger partial charge in [-0.1, -0.05) is 61.3 Å². The molecule has 2 N–H and O–H groups in total. The first kappa shape index (κ1) is 38.0. The molecule has 11 nitrogen and oxygen atoms in total. The minimum Gasteiger partial charge on any atom is -0.481 e. The number of methoxy groups -OCH3 is 2. The van der Waals surface area contributed by atoms with E-state index in [2.05, 4.69) is 10.1 Å². The zero-order chi connectivity index (χ0) is 33.4. The van der Waals surface area contributed by atoms with Gasteiger partial charge in [0.05, 0.1) is 46.6 Å². The normalized spacial score (nSPS) is 18.9. The van der Waals surface area contributed by atoms with Crippen LogP contribution in [0, 0.1) is 11.8 Å². The summed E-state index contributed by atoms with van der Waals surface area (Å²) in [5.74, 6) is -2.09. The van der Waals surface area contributed by atoms with E-state index < -0.39 is 18.0 Å². The molecule has 0 bridgehead atoms. The Morgan fingerprint density at radius 1 is 0.844 bits per heavy atom. The fourth-order valence-corrected chi connectivity index (χ4v) is 4.72.